The Hall–Kier alpha value is -2.51. The van der Waals surface area contributed by atoms with Crippen LogP contribution in [0.5, 0.6) is 0 Å². The third-order valence-electron chi connectivity index (χ3n) is 5.47. The molecule has 0 aromatic carbocycles. The second-order valence-corrected chi connectivity index (χ2v) is 6.99. The molecular weight excluding hydrogens is 316 g/mol. The molecule has 5 rings (SSSR count). The van der Waals surface area contributed by atoms with Crippen molar-refractivity contribution in [2.45, 2.75) is 51.1 Å². The average molecular weight is 338 g/mol. The minimum atomic E-state index is 0.234. The minimum Gasteiger partial charge on any atom is -0.346 e. The molecule has 130 valence electrons. The summed E-state index contributed by atoms with van der Waals surface area (Å²) in [5.41, 5.74) is 0.871. The minimum absolute atomic E-state index is 0.234. The molecule has 3 aromatic rings. The first kappa shape index (κ1) is 14.8. The third-order valence-corrected chi connectivity index (χ3v) is 5.47. The van der Waals surface area contributed by atoms with Gasteiger partial charge in [0.25, 0.3) is 0 Å². The van der Waals surface area contributed by atoms with Gasteiger partial charge in [-0.15, -0.1) is 10.2 Å². The molecule has 0 spiro atoms. The molecule has 2 aliphatic rings. The molecule has 5 heterocycles. The molecular formula is C17H22N8. The lowest BCUT2D eigenvalue weighted by atomic mass is 10.2. The zero-order chi connectivity index (χ0) is 16.8. The van der Waals surface area contributed by atoms with Crippen molar-refractivity contribution in [3.05, 3.63) is 24.2 Å². The first-order chi connectivity index (χ1) is 12.3. The average Bonchev–Trinajstić information content (AvgIpc) is 3.31. The molecule has 25 heavy (non-hydrogen) atoms. The first-order valence-electron chi connectivity index (χ1n) is 9.14. The van der Waals surface area contributed by atoms with Crippen LogP contribution >= 0.6 is 0 Å². The van der Waals surface area contributed by atoms with Crippen LogP contribution in [0.15, 0.2) is 12.5 Å². The molecule has 1 fully saturated rings. The van der Waals surface area contributed by atoms with Crippen molar-refractivity contribution in [1.29, 1.82) is 0 Å². The molecule has 1 atom stereocenters. The van der Waals surface area contributed by atoms with E-state index >= 15 is 0 Å². The second-order valence-electron chi connectivity index (χ2n) is 6.99. The lowest BCUT2D eigenvalue weighted by Gasteiger charge is -2.26. The summed E-state index contributed by atoms with van der Waals surface area (Å²) in [6.07, 6.45) is 10.5. The molecule has 1 saturated heterocycles. The van der Waals surface area contributed by atoms with Gasteiger partial charge < -0.3 is 9.47 Å². The number of hydrogen-bond acceptors (Lipinski definition) is 6. The molecule has 0 bridgehead atoms. The number of anilines is 1. The number of aryl methyl sites for hydroxylation is 2. The second kappa shape index (κ2) is 5.79. The molecule has 2 aliphatic heterocycles. The van der Waals surface area contributed by atoms with E-state index in [-0.39, 0.29) is 6.04 Å². The highest BCUT2D eigenvalue weighted by Gasteiger charge is 2.33. The van der Waals surface area contributed by atoms with Gasteiger partial charge in [-0.3, -0.25) is 4.68 Å². The van der Waals surface area contributed by atoms with Gasteiger partial charge in [-0.1, -0.05) is 6.42 Å². The molecule has 0 aliphatic carbocycles. The van der Waals surface area contributed by atoms with Crippen molar-refractivity contribution in [3.8, 4) is 0 Å². The summed E-state index contributed by atoms with van der Waals surface area (Å²) in [5.74, 6) is 3.21. The van der Waals surface area contributed by atoms with Crippen LogP contribution in [0.25, 0.3) is 11.0 Å². The van der Waals surface area contributed by atoms with Crippen LogP contribution in [0.2, 0.25) is 0 Å². The number of aromatic nitrogens is 7. The topological polar surface area (TPSA) is 77.5 Å². The van der Waals surface area contributed by atoms with Crippen molar-refractivity contribution in [3.63, 3.8) is 0 Å². The van der Waals surface area contributed by atoms with Gasteiger partial charge in [-0.2, -0.15) is 5.10 Å². The van der Waals surface area contributed by atoms with Gasteiger partial charge in [-0.25, -0.2) is 9.97 Å². The van der Waals surface area contributed by atoms with Crippen LogP contribution in [0.4, 0.5) is 5.82 Å². The van der Waals surface area contributed by atoms with Crippen LogP contribution in [0.1, 0.15) is 49.8 Å². The van der Waals surface area contributed by atoms with Crippen LogP contribution < -0.4 is 4.90 Å². The predicted molar refractivity (Wildman–Crippen MR) is 93.2 cm³/mol. The highest BCUT2D eigenvalue weighted by atomic mass is 15.3. The molecule has 0 unspecified atom stereocenters. The molecule has 0 radical (unpaired) electrons. The van der Waals surface area contributed by atoms with E-state index in [1.54, 1.807) is 11.0 Å². The largest absolute Gasteiger partial charge is 0.346 e. The van der Waals surface area contributed by atoms with Crippen LogP contribution in [0.3, 0.4) is 0 Å². The molecule has 8 nitrogen and oxygen atoms in total. The summed E-state index contributed by atoms with van der Waals surface area (Å²) in [7, 11) is 1.92. The maximum Gasteiger partial charge on any atom is 0.163 e. The van der Waals surface area contributed by atoms with Crippen molar-refractivity contribution in [1.82, 2.24) is 34.5 Å². The van der Waals surface area contributed by atoms with Crippen LogP contribution in [-0.2, 0) is 20.0 Å². The normalized spacial score (nSPS) is 20.8. The molecule has 3 aromatic heterocycles. The third kappa shape index (κ3) is 2.31. The Labute approximate surface area is 145 Å². The SMILES string of the molecule is Cn1ncc2c(N3CCC[C@H]3c3nnc4n3CCCCC4)ncnc21. The standard InChI is InChI=1S/C17H22N8/c1-23-15-12(10-20-23)16(19-11-18-15)24-9-5-6-13(24)17-22-21-14-7-3-2-4-8-25(14)17/h10-11,13H,2-9H2,1H3/t13-/m0/s1. The quantitative estimate of drug-likeness (QED) is 0.711. The Morgan fingerprint density at radius 2 is 2.00 bits per heavy atom. The Bertz CT molecular complexity index is 911. The summed E-state index contributed by atoms with van der Waals surface area (Å²) in [5, 5.41) is 14.4. The van der Waals surface area contributed by atoms with E-state index in [0.717, 1.165) is 60.9 Å². The zero-order valence-corrected chi connectivity index (χ0v) is 14.5. The Kier molecular flexibility index (Phi) is 3.43. The van der Waals surface area contributed by atoms with Gasteiger partial charge in [0.05, 0.1) is 17.6 Å². The summed E-state index contributed by atoms with van der Waals surface area (Å²) in [6, 6.07) is 0.234. The summed E-state index contributed by atoms with van der Waals surface area (Å²) in [6.45, 7) is 2.02. The number of fused-ring (bicyclic) bond motifs is 2. The zero-order valence-electron chi connectivity index (χ0n) is 14.5. The molecule has 0 N–H and O–H groups in total. The van der Waals surface area contributed by atoms with Gasteiger partial charge in [0.15, 0.2) is 11.5 Å². The van der Waals surface area contributed by atoms with Gasteiger partial charge in [0.1, 0.15) is 18.0 Å². The van der Waals surface area contributed by atoms with Gasteiger partial charge in [-0.05, 0) is 25.7 Å². The fraction of sp³-hybridized carbons (Fsp3) is 0.588. The van der Waals surface area contributed by atoms with E-state index < -0.39 is 0 Å². The fourth-order valence-electron chi connectivity index (χ4n) is 4.22. The maximum atomic E-state index is 4.60. The summed E-state index contributed by atoms with van der Waals surface area (Å²) < 4.78 is 4.16. The van der Waals surface area contributed by atoms with Crippen molar-refractivity contribution < 1.29 is 0 Å². The number of rotatable bonds is 2. The van der Waals surface area contributed by atoms with E-state index in [2.05, 4.69) is 34.7 Å². The van der Waals surface area contributed by atoms with Crippen molar-refractivity contribution >= 4 is 16.9 Å². The highest BCUT2D eigenvalue weighted by molar-refractivity contribution is 5.86. The maximum absolute atomic E-state index is 4.60. The van der Waals surface area contributed by atoms with Gasteiger partial charge in [0, 0.05) is 26.6 Å². The summed E-state index contributed by atoms with van der Waals surface area (Å²) >= 11 is 0. The van der Waals surface area contributed by atoms with E-state index in [9.17, 15) is 0 Å². The Morgan fingerprint density at radius 3 is 2.96 bits per heavy atom. The van der Waals surface area contributed by atoms with Gasteiger partial charge >= 0.3 is 0 Å². The van der Waals surface area contributed by atoms with E-state index in [1.807, 2.05) is 13.2 Å². The predicted octanol–water partition coefficient (Wildman–Crippen LogP) is 2.02. The van der Waals surface area contributed by atoms with E-state index in [4.69, 9.17) is 0 Å². The Balaban J connectivity index is 1.57. The molecule has 8 heteroatoms. The number of hydrogen-bond donors (Lipinski definition) is 0. The van der Waals surface area contributed by atoms with Crippen molar-refractivity contribution in [2.24, 2.45) is 7.05 Å². The smallest absolute Gasteiger partial charge is 0.163 e. The number of nitrogens with zero attached hydrogens (tertiary/aromatic N) is 8. The Morgan fingerprint density at radius 1 is 1.04 bits per heavy atom. The summed E-state index contributed by atoms with van der Waals surface area (Å²) in [4.78, 5) is 11.3. The fourth-order valence-corrected chi connectivity index (χ4v) is 4.22. The van der Waals surface area contributed by atoms with Crippen LogP contribution in [-0.4, -0.2) is 41.1 Å². The highest BCUT2D eigenvalue weighted by Crippen LogP contribution is 2.37. The molecule has 0 saturated carbocycles. The van der Waals surface area contributed by atoms with E-state index in [1.165, 1.54) is 19.3 Å². The van der Waals surface area contributed by atoms with E-state index in [0.29, 0.717) is 0 Å². The van der Waals surface area contributed by atoms with Crippen molar-refractivity contribution in [2.75, 3.05) is 11.4 Å². The first-order valence-corrected chi connectivity index (χ1v) is 9.14. The van der Waals surface area contributed by atoms with Crippen LogP contribution in [0, 0.1) is 0 Å². The molecule has 0 amide bonds. The van der Waals surface area contributed by atoms with Gasteiger partial charge in [0.2, 0.25) is 0 Å². The lowest BCUT2D eigenvalue weighted by Crippen LogP contribution is -2.26. The lowest BCUT2D eigenvalue weighted by molar-refractivity contribution is 0.558. The monoisotopic (exact) mass is 338 g/mol.